The van der Waals surface area contributed by atoms with E-state index in [9.17, 15) is 9.59 Å². The molecule has 0 spiro atoms. The summed E-state index contributed by atoms with van der Waals surface area (Å²) in [4.78, 5) is 28.3. The second kappa shape index (κ2) is 9.35. The van der Waals surface area contributed by atoms with E-state index in [0.29, 0.717) is 11.1 Å². The Morgan fingerprint density at radius 1 is 0.636 bits per heavy atom. The van der Waals surface area contributed by atoms with E-state index in [-0.39, 0.29) is 16.5 Å². The molecule has 0 aliphatic rings. The van der Waals surface area contributed by atoms with Crippen LogP contribution >= 0.6 is 7.92 Å². The van der Waals surface area contributed by atoms with Crippen LogP contribution in [0.25, 0.3) is 0 Å². The highest BCUT2D eigenvalue weighted by molar-refractivity contribution is 7.96. The lowest BCUT2D eigenvalue weighted by atomic mass is 9.84. The molecule has 2 nitrogen and oxygen atoms in total. The van der Waals surface area contributed by atoms with Crippen LogP contribution in [0, 0.1) is 41.5 Å². The van der Waals surface area contributed by atoms with Crippen molar-refractivity contribution >= 4 is 24.3 Å². The molecular formula is C30H35O2P. The summed E-state index contributed by atoms with van der Waals surface area (Å²) in [5.74, 6) is 0. The minimum atomic E-state index is -1.73. The standard InChI is InChI=1S/C30H35O2P/c1-18-15-19(2)27(23(6)22(18)5)29(32)33(25-13-11-10-12-14-25)28(31)26-20(3)16-24(17-21(26)4)30(7,8)9/h10-17H,1-9H3. The van der Waals surface area contributed by atoms with Crippen molar-refractivity contribution in [2.45, 2.75) is 67.7 Å². The van der Waals surface area contributed by atoms with E-state index in [2.05, 4.69) is 45.9 Å². The lowest BCUT2D eigenvalue weighted by Gasteiger charge is -2.24. The Morgan fingerprint density at radius 2 is 1.12 bits per heavy atom. The first-order valence-corrected chi connectivity index (χ1v) is 12.8. The fourth-order valence-corrected chi connectivity index (χ4v) is 6.74. The van der Waals surface area contributed by atoms with Gasteiger partial charge in [0.05, 0.1) is 7.92 Å². The van der Waals surface area contributed by atoms with Crippen LogP contribution < -0.4 is 5.30 Å². The molecule has 172 valence electrons. The van der Waals surface area contributed by atoms with Gasteiger partial charge in [-0.15, -0.1) is 0 Å². The zero-order chi connectivity index (χ0) is 24.7. The molecule has 1 unspecified atom stereocenters. The molecule has 0 bridgehead atoms. The van der Waals surface area contributed by atoms with Gasteiger partial charge in [-0.3, -0.25) is 9.59 Å². The minimum absolute atomic E-state index is 0.00920. The van der Waals surface area contributed by atoms with E-state index >= 15 is 0 Å². The Morgan fingerprint density at radius 3 is 1.64 bits per heavy atom. The summed E-state index contributed by atoms with van der Waals surface area (Å²) in [6.45, 7) is 18.6. The largest absolute Gasteiger partial charge is 0.288 e. The number of hydrogen-bond acceptors (Lipinski definition) is 2. The van der Waals surface area contributed by atoms with Crippen LogP contribution in [0.4, 0.5) is 0 Å². The van der Waals surface area contributed by atoms with Crippen LogP contribution in [-0.2, 0) is 5.41 Å². The van der Waals surface area contributed by atoms with Crippen LogP contribution in [-0.4, -0.2) is 11.0 Å². The van der Waals surface area contributed by atoms with Gasteiger partial charge in [0.1, 0.15) is 0 Å². The highest BCUT2D eigenvalue weighted by atomic mass is 31.1. The van der Waals surface area contributed by atoms with Gasteiger partial charge in [0.15, 0.2) is 11.0 Å². The minimum Gasteiger partial charge on any atom is -0.288 e. The summed E-state index contributed by atoms with van der Waals surface area (Å²) in [5, 5.41) is 0.804. The molecule has 0 saturated carbocycles. The van der Waals surface area contributed by atoms with E-state index < -0.39 is 7.92 Å². The second-order valence-corrected chi connectivity index (χ2v) is 12.2. The molecule has 0 radical (unpaired) electrons. The molecular weight excluding hydrogens is 423 g/mol. The van der Waals surface area contributed by atoms with E-state index in [1.165, 1.54) is 11.1 Å². The molecule has 0 aliphatic heterocycles. The van der Waals surface area contributed by atoms with E-state index in [1.807, 2.05) is 65.0 Å². The smallest absolute Gasteiger partial charge is 0.197 e. The van der Waals surface area contributed by atoms with Gasteiger partial charge in [-0.2, -0.15) is 0 Å². The molecule has 0 fully saturated rings. The van der Waals surface area contributed by atoms with Crippen molar-refractivity contribution in [1.29, 1.82) is 0 Å². The molecule has 0 aliphatic carbocycles. The molecule has 0 N–H and O–H groups in total. The average Bonchev–Trinajstić information content (AvgIpc) is 2.72. The van der Waals surface area contributed by atoms with Crippen LogP contribution in [0.2, 0.25) is 0 Å². The Kier molecular flexibility index (Phi) is 7.10. The normalized spacial score (nSPS) is 12.5. The average molecular weight is 459 g/mol. The third-order valence-corrected chi connectivity index (χ3v) is 8.68. The summed E-state index contributed by atoms with van der Waals surface area (Å²) >= 11 is 0. The van der Waals surface area contributed by atoms with Crippen molar-refractivity contribution in [3.63, 3.8) is 0 Å². The number of benzene rings is 3. The zero-order valence-corrected chi connectivity index (χ0v) is 22.3. The van der Waals surface area contributed by atoms with Crippen LogP contribution in [0.3, 0.4) is 0 Å². The fourth-order valence-electron chi connectivity index (χ4n) is 4.47. The summed E-state index contributed by atoms with van der Waals surface area (Å²) in [6.07, 6.45) is 0. The predicted octanol–water partition coefficient (Wildman–Crippen LogP) is 7.62. The van der Waals surface area contributed by atoms with Gasteiger partial charge in [0.25, 0.3) is 0 Å². The van der Waals surface area contributed by atoms with E-state index in [0.717, 1.165) is 33.1 Å². The van der Waals surface area contributed by atoms with Crippen molar-refractivity contribution in [3.05, 3.63) is 98.6 Å². The summed E-state index contributed by atoms with van der Waals surface area (Å²) in [6, 6.07) is 15.9. The van der Waals surface area contributed by atoms with Gasteiger partial charge in [-0.1, -0.05) is 69.3 Å². The van der Waals surface area contributed by atoms with Gasteiger partial charge < -0.3 is 0 Å². The van der Waals surface area contributed by atoms with Crippen LogP contribution in [0.5, 0.6) is 0 Å². The van der Waals surface area contributed by atoms with Gasteiger partial charge in [0.2, 0.25) is 0 Å². The van der Waals surface area contributed by atoms with E-state index in [4.69, 9.17) is 0 Å². The van der Waals surface area contributed by atoms with Gasteiger partial charge in [-0.25, -0.2) is 0 Å². The molecule has 3 aromatic carbocycles. The first-order chi connectivity index (χ1) is 15.3. The van der Waals surface area contributed by atoms with Crippen molar-refractivity contribution in [2.75, 3.05) is 0 Å². The van der Waals surface area contributed by atoms with Crippen molar-refractivity contribution in [1.82, 2.24) is 0 Å². The first-order valence-electron chi connectivity index (χ1n) is 11.5. The molecule has 0 heterocycles. The molecule has 3 aromatic rings. The fraction of sp³-hybridized carbons (Fsp3) is 0.333. The highest BCUT2D eigenvalue weighted by Gasteiger charge is 2.34. The summed E-state index contributed by atoms with van der Waals surface area (Å²) in [5.41, 5.74) is 8.53. The van der Waals surface area contributed by atoms with Crippen molar-refractivity contribution in [3.8, 4) is 0 Å². The zero-order valence-electron chi connectivity index (χ0n) is 21.4. The number of rotatable bonds is 5. The summed E-state index contributed by atoms with van der Waals surface area (Å²) < 4.78 is 0. The number of carbonyl (C=O) groups is 2. The van der Waals surface area contributed by atoms with Gasteiger partial charge in [0, 0.05) is 11.1 Å². The Balaban J connectivity index is 2.22. The van der Waals surface area contributed by atoms with Crippen molar-refractivity contribution in [2.24, 2.45) is 0 Å². The third kappa shape index (κ3) is 4.87. The highest BCUT2D eigenvalue weighted by Crippen LogP contribution is 2.45. The third-order valence-electron chi connectivity index (χ3n) is 6.60. The van der Waals surface area contributed by atoms with Crippen LogP contribution in [0.15, 0.2) is 48.5 Å². The summed E-state index contributed by atoms with van der Waals surface area (Å²) in [7, 11) is -1.73. The topological polar surface area (TPSA) is 34.1 Å². The molecule has 3 rings (SSSR count). The molecule has 1 atom stereocenters. The van der Waals surface area contributed by atoms with Crippen LogP contribution in [0.1, 0.15) is 80.4 Å². The Labute approximate surface area is 200 Å². The maximum atomic E-state index is 14.1. The van der Waals surface area contributed by atoms with Gasteiger partial charge >= 0.3 is 0 Å². The lowest BCUT2D eigenvalue weighted by molar-refractivity contribution is 0.105. The molecule has 0 aromatic heterocycles. The Hall–Kier alpha value is -2.57. The maximum absolute atomic E-state index is 14.1. The first kappa shape index (κ1) is 25.1. The van der Waals surface area contributed by atoms with E-state index in [1.54, 1.807) is 0 Å². The number of aryl methyl sites for hydroxylation is 4. The molecule has 33 heavy (non-hydrogen) atoms. The molecule has 3 heteroatoms. The van der Waals surface area contributed by atoms with Gasteiger partial charge in [-0.05, 0) is 91.2 Å². The number of hydrogen-bond donors (Lipinski definition) is 0. The maximum Gasteiger partial charge on any atom is 0.197 e. The molecule has 0 saturated heterocycles. The Bertz CT molecular complexity index is 1210. The predicted molar refractivity (Wildman–Crippen MR) is 142 cm³/mol. The number of carbonyl (C=O) groups excluding carboxylic acids is 2. The SMILES string of the molecule is Cc1cc(C)c(C(=O)P(C(=O)c2c(C)cc(C(C)(C)C)cc2C)c2ccccc2)c(C)c1C. The molecule has 0 amide bonds. The second-order valence-electron chi connectivity index (χ2n) is 10.2. The monoisotopic (exact) mass is 458 g/mol. The van der Waals surface area contributed by atoms with Crippen molar-refractivity contribution < 1.29 is 9.59 Å². The lowest BCUT2D eigenvalue weighted by Crippen LogP contribution is -2.20. The quantitative estimate of drug-likeness (QED) is 0.369.